The molecule has 2 saturated heterocycles. The smallest absolute Gasteiger partial charge is 0.187 e. The molecular formula is C23H24O6. The normalized spacial score (nSPS) is 31.6. The zero-order valence-electron chi connectivity index (χ0n) is 15.9. The minimum absolute atomic E-state index is 0.0267. The summed E-state index contributed by atoms with van der Waals surface area (Å²) in [6, 6.07) is 19.4. The maximum Gasteiger partial charge on any atom is 0.187 e. The van der Waals surface area contributed by atoms with Crippen LogP contribution in [0, 0.1) is 12.3 Å². The topological polar surface area (TPSA) is 66.4 Å². The average molecular weight is 396 g/mol. The Labute approximate surface area is 170 Å². The van der Waals surface area contributed by atoms with Crippen LogP contribution in [0.4, 0.5) is 0 Å². The molecule has 0 amide bonds. The molecule has 6 nitrogen and oxygen atoms in total. The van der Waals surface area contributed by atoms with Crippen LogP contribution in [-0.2, 0) is 30.3 Å². The molecule has 2 heterocycles. The van der Waals surface area contributed by atoms with E-state index < -0.39 is 37.0 Å². The Bertz CT molecular complexity index is 805. The third-order valence-corrected chi connectivity index (χ3v) is 5.00. The van der Waals surface area contributed by atoms with Gasteiger partial charge in [0.1, 0.15) is 31.0 Å². The number of ether oxygens (including phenoxy) is 5. The lowest BCUT2D eigenvalue weighted by molar-refractivity contribution is -0.365. The Morgan fingerprint density at radius 3 is 2.45 bits per heavy atom. The van der Waals surface area contributed by atoms with Gasteiger partial charge < -0.3 is 28.8 Å². The van der Waals surface area contributed by atoms with Gasteiger partial charge in [0.2, 0.25) is 0 Å². The molecule has 152 valence electrons. The lowest BCUT2D eigenvalue weighted by Crippen LogP contribution is -2.63. The summed E-state index contributed by atoms with van der Waals surface area (Å²) < 4.78 is 29.5. The summed E-state index contributed by atoms with van der Waals surface area (Å²) in [6.07, 6.45) is 1.15. The standard InChI is InChI=1S/C23H24O6/c1-2-13-25-23-19(24)21(26-14-16-9-5-3-6-10-16)20-18(28-23)15-27-22(29-20)17-11-7-4-8-12-17/h1,3-12,18-24H,13-15H2/t18-,19+,20-,21-,22-,23+/m1/s1. The first kappa shape index (κ1) is 20.0. The number of hydrogen-bond donors (Lipinski definition) is 1. The van der Waals surface area contributed by atoms with E-state index in [2.05, 4.69) is 5.92 Å². The van der Waals surface area contributed by atoms with Gasteiger partial charge in [0.25, 0.3) is 0 Å². The molecule has 0 radical (unpaired) electrons. The van der Waals surface area contributed by atoms with Gasteiger partial charge >= 0.3 is 0 Å². The van der Waals surface area contributed by atoms with E-state index in [-0.39, 0.29) is 13.2 Å². The molecule has 0 aromatic heterocycles. The number of fused-ring (bicyclic) bond motifs is 1. The van der Waals surface area contributed by atoms with Gasteiger partial charge in [0.05, 0.1) is 13.2 Å². The number of rotatable bonds is 6. The minimum Gasteiger partial charge on any atom is -0.385 e. The molecule has 0 aliphatic carbocycles. The summed E-state index contributed by atoms with van der Waals surface area (Å²) in [4.78, 5) is 0. The van der Waals surface area contributed by atoms with Crippen molar-refractivity contribution in [3.8, 4) is 12.3 Å². The van der Waals surface area contributed by atoms with E-state index in [0.29, 0.717) is 6.61 Å². The highest BCUT2D eigenvalue weighted by atomic mass is 16.8. The Morgan fingerprint density at radius 1 is 1.00 bits per heavy atom. The van der Waals surface area contributed by atoms with Crippen molar-refractivity contribution < 1.29 is 28.8 Å². The van der Waals surface area contributed by atoms with Crippen LogP contribution in [-0.4, -0.2) is 49.0 Å². The third-order valence-electron chi connectivity index (χ3n) is 5.00. The van der Waals surface area contributed by atoms with E-state index >= 15 is 0 Å². The molecule has 2 aromatic carbocycles. The molecule has 2 aliphatic rings. The second-order valence-electron chi connectivity index (χ2n) is 6.99. The highest BCUT2D eigenvalue weighted by molar-refractivity contribution is 5.17. The van der Waals surface area contributed by atoms with Crippen molar-refractivity contribution in [2.75, 3.05) is 13.2 Å². The Kier molecular flexibility index (Phi) is 6.57. The average Bonchev–Trinajstić information content (AvgIpc) is 2.78. The second kappa shape index (κ2) is 9.51. The van der Waals surface area contributed by atoms with E-state index in [0.717, 1.165) is 11.1 Å². The second-order valence-corrected chi connectivity index (χ2v) is 6.99. The van der Waals surface area contributed by atoms with Crippen LogP contribution in [0.15, 0.2) is 60.7 Å². The number of aliphatic hydroxyl groups is 1. The van der Waals surface area contributed by atoms with Crippen molar-refractivity contribution in [1.82, 2.24) is 0 Å². The Morgan fingerprint density at radius 2 is 1.72 bits per heavy atom. The van der Waals surface area contributed by atoms with Crippen LogP contribution in [0.25, 0.3) is 0 Å². The number of benzene rings is 2. The Balaban J connectivity index is 1.52. The summed E-state index contributed by atoms with van der Waals surface area (Å²) in [6.45, 7) is 0.644. The molecule has 1 N–H and O–H groups in total. The summed E-state index contributed by atoms with van der Waals surface area (Å²) in [5.41, 5.74) is 1.89. The molecule has 2 aliphatic heterocycles. The van der Waals surface area contributed by atoms with Crippen molar-refractivity contribution in [2.45, 2.75) is 43.6 Å². The Hall–Kier alpha value is -2.24. The molecule has 29 heavy (non-hydrogen) atoms. The quantitative estimate of drug-likeness (QED) is 0.757. The maximum atomic E-state index is 10.9. The number of hydrogen-bond acceptors (Lipinski definition) is 6. The van der Waals surface area contributed by atoms with Gasteiger partial charge in [0, 0.05) is 5.56 Å². The van der Waals surface area contributed by atoms with Crippen LogP contribution < -0.4 is 0 Å². The highest BCUT2D eigenvalue weighted by Gasteiger charge is 2.50. The largest absolute Gasteiger partial charge is 0.385 e. The van der Waals surface area contributed by atoms with Gasteiger partial charge in [-0.25, -0.2) is 0 Å². The molecule has 6 heteroatoms. The maximum absolute atomic E-state index is 10.9. The van der Waals surface area contributed by atoms with E-state index in [4.69, 9.17) is 30.1 Å². The van der Waals surface area contributed by atoms with Crippen LogP contribution in [0.1, 0.15) is 17.4 Å². The first-order valence-electron chi connectivity index (χ1n) is 9.62. The van der Waals surface area contributed by atoms with Crippen molar-refractivity contribution in [3.63, 3.8) is 0 Å². The van der Waals surface area contributed by atoms with Gasteiger partial charge in [-0.15, -0.1) is 6.42 Å². The third kappa shape index (κ3) is 4.68. The number of terminal acetylenes is 1. The predicted molar refractivity (Wildman–Crippen MR) is 104 cm³/mol. The van der Waals surface area contributed by atoms with Crippen molar-refractivity contribution >= 4 is 0 Å². The van der Waals surface area contributed by atoms with Crippen molar-refractivity contribution in [2.24, 2.45) is 0 Å². The molecule has 0 spiro atoms. The lowest BCUT2D eigenvalue weighted by Gasteiger charge is -2.47. The predicted octanol–water partition coefficient (Wildman–Crippen LogP) is 2.42. The fourth-order valence-electron chi connectivity index (χ4n) is 3.57. The summed E-state index contributed by atoms with van der Waals surface area (Å²) in [5, 5.41) is 10.9. The van der Waals surface area contributed by atoms with Crippen LogP contribution >= 0.6 is 0 Å². The molecule has 2 fully saturated rings. The first-order chi connectivity index (χ1) is 14.3. The molecule has 4 rings (SSSR count). The first-order valence-corrected chi connectivity index (χ1v) is 9.62. The fraction of sp³-hybridized carbons (Fsp3) is 0.391. The van der Waals surface area contributed by atoms with Crippen LogP contribution in [0.2, 0.25) is 0 Å². The van der Waals surface area contributed by atoms with Gasteiger partial charge in [-0.1, -0.05) is 66.6 Å². The van der Waals surface area contributed by atoms with Gasteiger partial charge in [0.15, 0.2) is 12.6 Å². The minimum atomic E-state index is -1.05. The molecule has 6 atom stereocenters. The number of aliphatic hydroxyl groups excluding tert-OH is 1. The summed E-state index contributed by atoms with van der Waals surface area (Å²) in [7, 11) is 0. The monoisotopic (exact) mass is 396 g/mol. The molecule has 0 bridgehead atoms. The van der Waals surface area contributed by atoms with E-state index in [9.17, 15) is 5.11 Å². The van der Waals surface area contributed by atoms with Gasteiger partial charge in [-0.05, 0) is 5.56 Å². The summed E-state index contributed by atoms with van der Waals surface area (Å²) >= 11 is 0. The molecular weight excluding hydrogens is 372 g/mol. The zero-order valence-corrected chi connectivity index (χ0v) is 15.9. The zero-order chi connectivity index (χ0) is 20.1. The summed E-state index contributed by atoms with van der Waals surface area (Å²) in [5.74, 6) is 2.39. The van der Waals surface area contributed by atoms with E-state index in [1.165, 1.54) is 0 Å². The molecule has 0 unspecified atom stereocenters. The fourth-order valence-corrected chi connectivity index (χ4v) is 3.57. The van der Waals surface area contributed by atoms with E-state index in [1.54, 1.807) is 0 Å². The lowest BCUT2D eigenvalue weighted by atomic mass is 9.97. The van der Waals surface area contributed by atoms with Gasteiger partial charge in [-0.3, -0.25) is 0 Å². The van der Waals surface area contributed by atoms with Crippen LogP contribution in [0.3, 0.4) is 0 Å². The van der Waals surface area contributed by atoms with Gasteiger partial charge in [-0.2, -0.15) is 0 Å². The van der Waals surface area contributed by atoms with Crippen LogP contribution in [0.5, 0.6) is 0 Å². The van der Waals surface area contributed by atoms with Crippen molar-refractivity contribution in [1.29, 1.82) is 0 Å². The van der Waals surface area contributed by atoms with E-state index in [1.807, 2.05) is 60.7 Å². The SMILES string of the molecule is C#CCO[C@H]1O[C@@H]2CO[C@@H](c3ccccc3)O[C@H]2[C@H](OCc2ccccc2)[C@@H]1O. The molecule has 0 saturated carbocycles. The highest BCUT2D eigenvalue weighted by Crippen LogP contribution is 2.35. The van der Waals surface area contributed by atoms with Crippen molar-refractivity contribution in [3.05, 3.63) is 71.8 Å². The molecule has 2 aromatic rings.